The molecule has 0 saturated heterocycles. The van der Waals surface area contributed by atoms with Crippen LogP contribution in [0.3, 0.4) is 0 Å². The first kappa shape index (κ1) is 38.5. The molecule has 5 heteroatoms. The molecule has 0 amide bonds. The molecular formula is C42H64N2O3. The summed E-state index contributed by atoms with van der Waals surface area (Å²) in [6.07, 6.45) is 30.2. The molecule has 47 heavy (non-hydrogen) atoms. The molecule has 3 rings (SSSR count). The SMILES string of the molecule is CCCCCCCCCCCCCCCOC(=O)c1ccc2nc(-c3ccc(OCCCCCCCCCCCC)cc3)nc-2cc1. The molecule has 1 aromatic rings. The van der Waals surface area contributed by atoms with Crippen molar-refractivity contribution in [3.05, 3.63) is 54.1 Å². The van der Waals surface area contributed by atoms with Gasteiger partial charge in [0.25, 0.3) is 0 Å². The molecule has 5 nitrogen and oxygen atoms in total. The lowest BCUT2D eigenvalue weighted by molar-refractivity contribution is 0.0498. The summed E-state index contributed by atoms with van der Waals surface area (Å²) >= 11 is 0. The summed E-state index contributed by atoms with van der Waals surface area (Å²) in [7, 11) is 0. The van der Waals surface area contributed by atoms with Gasteiger partial charge in [-0.25, -0.2) is 14.8 Å². The first-order valence-corrected chi connectivity index (χ1v) is 19.4. The molecular weight excluding hydrogens is 580 g/mol. The number of hydrogen-bond donors (Lipinski definition) is 0. The van der Waals surface area contributed by atoms with Crippen molar-refractivity contribution in [1.82, 2.24) is 9.97 Å². The number of ether oxygens (including phenoxy) is 2. The van der Waals surface area contributed by atoms with Gasteiger partial charge in [0.15, 0.2) is 5.82 Å². The van der Waals surface area contributed by atoms with E-state index in [-0.39, 0.29) is 5.97 Å². The highest BCUT2D eigenvalue weighted by Gasteiger charge is 2.13. The Balaban J connectivity index is 1.27. The van der Waals surface area contributed by atoms with Crippen LogP contribution in [-0.4, -0.2) is 29.2 Å². The van der Waals surface area contributed by atoms with E-state index in [1.54, 1.807) is 12.1 Å². The second-order valence-electron chi connectivity index (χ2n) is 13.4. The maximum atomic E-state index is 12.6. The van der Waals surface area contributed by atoms with E-state index in [2.05, 4.69) is 13.8 Å². The number of hydrogen-bond acceptors (Lipinski definition) is 5. The van der Waals surface area contributed by atoms with Crippen LogP contribution >= 0.6 is 0 Å². The number of fused-ring (bicyclic) bond motifs is 1. The van der Waals surface area contributed by atoms with Gasteiger partial charge in [-0.1, -0.05) is 149 Å². The van der Waals surface area contributed by atoms with Crippen molar-refractivity contribution in [2.24, 2.45) is 0 Å². The summed E-state index contributed by atoms with van der Waals surface area (Å²) in [6.45, 7) is 5.77. The molecule has 1 heterocycles. The minimum absolute atomic E-state index is 0.282. The summed E-state index contributed by atoms with van der Waals surface area (Å²) in [5, 5.41) is 0. The van der Waals surface area contributed by atoms with Gasteiger partial charge in [0.2, 0.25) is 0 Å². The first-order valence-electron chi connectivity index (χ1n) is 19.4. The zero-order chi connectivity index (χ0) is 33.2. The van der Waals surface area contributed by atoms with Crippen molar-refractivity contribution < 1.29 is 14.3 Å². The minimum Gasteiger partial charge on any atom is -0.494 e. The van der Waals surface area contributed by atoms with Gasteiger partial charge in [-0.2, -0.15) is 0 Å². The average Bonchev–Trinajstić information content (AvgIpc) is 3.39. The number of carbonyl (C=O) groups excluding carboxylic acids is 1. The molecule has 0 unspecified atom stereocenters. The fourth-order valence-corrected chi connectivity index (χ4v) is 6.12. The number of imidazole rings is 1. The molecule has 0 bridgehead atoms. The summed E-state index contributed by atoms with van der Waals surface area (Å²) in [5.41, 5.74) is 3.01. The predicted octanol–water partition coefficient (Wildman–Crippen LogP) is 12.8. The Morgan fingerprint density at radius 3 is 1.34 bits per heavy atom. The quantitative estimate of drug-likeness (QED) is 0.0581. The van der Waals surface area contributed by atoms with Crippen LogP contribution in [0.4, 0.5) is 0 Å². The van der Waals surface area contributed by atoms with Crippen molar-refractivity contribution >= 4 is 5.97 Å². The molecule has 0 fully saturated rings. The lowest BCUT2D eigenvalue weighted by atomic mass is 10.0. The Bertz CT molecular complexity index is 1140. The minimum atomic E-state index is -0.282. The zero-order valence-corrected chi connectivity index (χ0v) is 29.9. The third-order valence-electron chi connectivity index (χ3n) is 9.15. The van der Waals surface area contributed by atoms with E-state index in [4.69, 9.17) is 19.4 Å². The summed E-state index contributed by atoms with van der Waals surface area (Å²) in [6, 6.07) is 15.3. The van der Waals surface area contributed by atoms with Crippen LogP contribution in [0.1, 0.15) is 172 Å². The molecule has 1 aliphatic carbocycles. The van der Waals surface area contributed by atoms with Crippen LogP contribution < -0.4 is 4.74 Å². The molecule has 0 atom stereocenters. The van der Waals surface area contributed by atoms with Gasteiger partial charge in [-0.3, -0.25) is 0 Å². The van der Waals surface area contributed by atoms with Gasteiger partial charge in [0, 0.05) is 5.56 Å². The Morgan fingerprint density at radius 1 is 0.489 bits per heavy atom. The van der Waals surface area contributed by atoms with Gasteiger partial charge in [0.1, 0.15) is 5.75 Å². The Hall–Kier alpha value is -2.95. The fourth-order valence-electron chi connectivity index (χ4n) is 6.12. The van der Waals surface area contributed by atoms with Crippen LogP contribution in [-0.2, 0) is 4.74 Å². The smallest absolute Gasteiger partial charge is 0.338 e. The highest BCUT2D eigenvalue weighted by atomic mass is 16.5. The van der Waals surface area contributed by atoms with E-state index >= 15 is 0 Å². The van der Waals surface area contributed by atoms with E-state index < -0.39 is 0 Å². The van der Waals surface area contributed by atoms with Crippen LogP contribution in [0.5, 0.6) is 5.75 Å². The summed E-state index contributed by atoms with van der Waals surface area (Å²) < 4.78 is 11.5. The number of nitrogens with zero attached hydrogens (tertiary/aromatic N) is 2. The van der Waals surface area contributed by atoms with Gasteiger partial charge in [0.05, 0.1) is 30.2 Å². The van der Waals surface area contributed by atoms with Crippen molar-refractivity contribution in [3.63, 3.8) is 0 Å². The Labute approximate surface area is 287 Å². The van der Waals surface area contributed by atoms with Gasteiger partial charge in [-0.05, 0) is 61.4 Å². The van der Waals surface area contributed by atoms with Gasteiger partial charge >= 0.3 is 5.97 Å². The van der Waals surface area contributed by atoms with Crippen LogP contribution in [0.15, 0.2) is 48.5 Å². The molecule has 2 aliphatic rings. The highest BCUT2D eigenvalue weighted by Crippen LogP contribution is 2.26. The number of carbonyl (C=O) groups is 1. The van der Waals surface area contributed by atoms with E-state index in [1.165, 1.54) is 128 Å². The van der Waals surface area contributed by atoms with Crippen molar-refractivity contribution in [1.29, 1.82) is 0 Å². The second-order valence-corrected chi connectivity index (χ2v) is 13.4. The molecule has 260 valence electrons. The standard InChI is InChI=1S/C42H64N2O3/c1-3-5-7-9-11-13-15-16-17-19-21-23-25-35-47-42(45)37-28-32-39-40(33-29-37)44-41(43-39)36-26-30-38(31-27-36)46-34-24-22-20-18-14-12-10-8-6-4-2/h26-33H,3-25,34-35H2,1-2H3. The number of aromatic nitrogens is 2. The molecule has 0 N–H and O–H groups in total. The summed E-state index contributed by atoms with van der Waals surface area (Å²) in [4.78, 5) is 22.1. The number of rotatable bonds is 28. The van der Waals surface area contributed by atoms with E-state index in [0.29, 0.717) is 18.0 Å². The first-order chi connectivity index (χ1) is 23.2. The normalized spacial score (nSPS) is 11.3. The van der Waals surface area contributed by atoms with E-state index in [0.717, 1.165) is 48.6 Å². The van der Waals surface area contributed by atoms with E-state index in [1.807, 2.05) is 36.4 Å². The maximum Gasteiger partial charge on any atom is 0.338 e. The van der Waals surface area contributed by atoms with Gasteiger partial charge in [-0.15, -0.1) is 0 Å². The molecule has 0 saturated carbocycles. The lowest BCUT2D eigenvalue weighted by Crippen LogP contribution is -2.05. The van der Waals surface area contributed by atoms with Gasteiger partial charge < -0.3 is 9.47 Å². The Kier molecular flexibility index (Phi) is 20.6. The summed E-state index contributed by atoms with van der Waals surface area (Å²) in [5.74, 6) is 1.28. The monoisotopic (exact) mass is 644 g/mol. The van der Waals surface area contributed by atoms with Crippen LogP contribution in [0, 0.1) is 0 Å². The molecule has 0 spiro atoms. The van der Waals surface area contributed by atoms with Crippen molar-refractivity contribution in [2.75, 3.05) is 13.2 Å². The number of esters is 1. The van der Waals surface area contributed by atoms with Crippen LogP contribution in [0.25, 0.3) is 22.8 Å². The lowest BCUT2D eigenvalue weighted by Gasteiger charge is -2.07. The third kappa shape index (κ3) is 16.6. The van der Waals surface area contributed by atoms with Crippen LogP contribution in [0.2, 0.25) is 0 Å². The van der Waals surface area contributed by atoms with Crippen molar-refractivity contribution in [2.45, 2.75) is 162 Å². The molecule has 1 aromatic carbocycles. The molecule has 0 aromatic heterocycles. The zero-order valence-electron chi connectivity index (χ0n) is 29.9. The maximum absolute atomic E-state index is 12.6. The number of benzene rings is 1. The highest BCUT2D eigenvalue weighted by molar-refractivity contribution is 5.89. The second kappa shape index (κ2) is 25.1. The largest absolute Gasteiger partial charge is 0.494 e. The number of unbranched alkanes of at least 4 members (excludes halogenated alkanes) is 21. The topological polar surface area (TPSA) is 61.3 Å². The van der Waals surface area contributed by atoms with E-state index in [9.17, 15) is 4.79 Å². The third-order valence-corrected chi connectivity index (χ3v) is 9.15. The van der Waals surface area contributed by atoms with Crippen molar-refractivity contribution in [3.8, 4) is 28.5 Å². The molecule has 0 radical (unpaired) electrons. The predicted molar refractivity (Wildman–Crippen MR) is 197 cm³/mol. The molecule has 1 aliphatic heterocycles. The Morgan fingerprint density at radius 2 is 0.894 bits per heavy atom. The fraction of sp³-hybridized carbons (Fsp3) is 0.643. The average molecular weight is 645 g/mol.